The molecular weight excluding hydrogens is 234 g/mol. The Kier molecular flexibility index (Phi) is 4.92. The quantitative estimate of drug-likeness (QED) is 0.784. The number of amides is 1. The van der Waals surface area contributed by atoms with Gasteiger partial charge >= 0.3 is 5.97 Å². The maximum Gasteiger partial charge on any atom is 0.328 e. The van der Waals surface area contributed by atoms with E-state index < -0.39 is 5.97 Å². The summed E-state index contributed by atoms with van der Waals surface area (Å²) in [5, 5.41) is 11.2. The summed E-state index contributed by atoms with van der Waals surface area (Å²) in [5.41, 5.74) is 1.20. The van der Waals surface area contributed by atoms with Gasteiger partial charge in [0.25, 0.3) is 0 Å². The first-order valence-electron chi connectivity index (χ1n) is 5.48. The zero-order valence-electron chi connectivity index (χ0n) is 10.3. The van der Waals surface area contributed by atoms with Gasteiger partial charge in [-0.2, -0.15) is 0 Å². The number of anilines is 1. The van der Waals surface area contributed by atoms with Gasteiger partial charge in [-0.1, -0.05) is 6.07 Å². The first-order chi connectivity index (χ1) is 8.52. The van der Waals surface area contributed by atoms with E-state index in [-0.39, 0.29) is 5.91 Å². The Bertz CT molecular complexity index is 480. The number of carboxylic acid groups (broad SMARTS) is 1. The summed E-state index contributed by atoms with van der Waals surface area (Å²) in [4.78, 5) is 21.5. The van der Waals surface area contributed by atoms with E-state index in [1.165, 1.54) is 13.0 Å². The Labute approximate surface area is 105 Å². The second-order valence-corrected chi connectivity index (χ2v) is 3.54. The fourth-order valence-electron chi connectivity index (χ4n) is 1.39. The van der Waals surface area contributed by atoms with E-state index in [0.717, 1.165) is 6.08 Å². The topological polar surface area (TPSA) is 75.6 Å². The molecule has 0 spiro atoms. The molecule has 18 heavy (non-hydrogen) atoms. The van der Waals surface area contributed by atoms with Gasteiger partial charge in [0.05, 0.1) is 12.3 Å². The molecule has 1 aromatic rings. The Morgan fingerprint density at radius 1 is 1.44 bits per heavy atom. The van der Waals surface area contributed by atoms with Gasteiger partial charge in [0.2, 0.25) is 5.91 Å². The minimum Gasteiger partial charge on any atom is -0.492 e. The molecule has 0 aliphatic heterocycles. The van der Waals surface area contributed by atoms with Crippen molar-refractivity contribution in [2.45, 2.75) is 13.8 Å². The summed E-state index contributed by atoms with van der Waals surface area (Å²) >= 11 is 0. The first-order valence-corrected chi connectivity index (χ1v) is 5.48. The van der Waals surface area contributed by atoms with Crippen LogP contribution in [0.2, 0.25) is 0 Å². The zero-order chi connectivity index (χ0) is 13.5. The largest absolute Gasteiger partial charge is 0.492 e. The van der Waals surface area contributed by atoms with E-state index in [1.54, 1.807) is 18.2 Å². The van der Waals surface area contributed by atoms with Crippen LogP contribution in [0.3, 0.4) is 0 Å². The molecule has 0 fully saturated rings. The van der Waals surface area contributed by atoms with Gasteiger partial charge in [0.15, 0.2) is 0 Å². The van der Waals surface area contributed by atoms with E-state index in [9.17, 15) is 9.59 Å². The normalized spacial score (nSPS) is 10.3. The molecule has 0 heterocycles. The smallest absolute Gasteiger partial charge is 0.328 e. The van der Waals surface area contributed by atoms with Crippen molar-refractivity contribution in [2.24, 2.45) is 0 Å². The number of carbonyl (C=O) groups excluding carboxylic acids is 1. The summed E-state index contributed by atoms with van der Waals surface area (Å²) in [6.45, 7) is 3.72. The van der Waals surface area contributed by atoms with Crippen molar-refractivity contribution in [3.63, 3.8) is 0 Å². The third-order valence-electron chi connectivity index (χ3n) is 2.03. The van der Waals surface area contributed by atoms with E-state index in [1.807, 2.05) is 6.92 Å². The van der Waals surface area contributed by atoms with E-state index >= 15 is 0 Å². The van der Waals surface area contributed by atoms with Crippen LogP contribution in [0, 0.1) is 0 Å². The summed E-state index contributed by atoms with van der Waals surface area (Å²) < 4.78 is 5.36. The van der Waals surface area contributed by atoms with Gasteiger partial charge in [0.1, 0.15) is 5.75 Å². The van der Waals surface area contributed by atoms with Crippen LogP contribution in [0.15, 0.2) is 24.3 Å². The fourth-order valence-corrected chi connectivity index (χ4v) is 1.39. The molecule has 1 aromatic carbocycles. The number of ether oxygens (including phenoxy) is 1. The van der Waals surface area contributed by atoms with E-state index in [4.69, 9.17) is 9.84 Å². The molecule has 0 unspecified atom stereocenters. The number of nitrogens with one attached hydrogen (secondary N) is 1. The maximum atomic E-state index is 11.1. The van der Waals surface area contributed by atoms with Crippen molar-refractivity contribution < 1.29 is 19.4 Å². The van der Waals surface area contributed by atoms with Crippen LogP contribution in [0.4, 0.5) is 5.69 Å². The number of hydrogen-bond acceptors (Lipinski definition) is 3. The van der Waals surface area contributed by atoms with Crippen LogP contribution in [-0.4, -0.2) is 23.6 Å². The lowest BCUT2D eigenvalue weighted by Crippen LogP contribution is -2.08. The van der Waals surface area contributed by atoms with Gasteiger partial charge in [-0.3, -0.25) is 4.79 Å². The van der Waals surface area contributed by atoms with E-state index in [0.29, 0.717) is 23.6 Å². The lowest BCUT2D eigenvalue weighted by molar-refractivity contribution is -0.131. The molecule has 0 aromatic heterocycles. The number of rotatable bonds is 5. The average molecular weight is 249 g/mol. The van der Waals surface area contributed by atoms with Crippen molar-refractivity contribution in [2.75, 3.05) is 11.9 Å². The Morgan fingerprint density at radius 3 is 2.72 bits per heavy atom. The highest BCUT2D eigenvalue weighted by Gasteiger charge is 2.05. The van der Waals surface area contributed by atoms with Crippen LogP contribution in [-0.2, 0) is 9.59 Å². The zero-order valence-corrected chi connectivity index (χ0v) is 10.3. The molecule has 0 radical (unpaired) electrons. The number of benzene rings is 1. The van der Waals surface area contributed by atoms with Crippen LogP contribution in [0.25, 0.3) is 6.08 Å². The molecule has 1 rings (SSSR count). The summed E-state index contributed by atoms with van der Waals surface area (Å²) in [7, 11) is 0. The predicted octanol–water partition coefficient (Wildman–Crippen LogP) is 2.14. The van der Waals surface area contributed by atoms with Crippen molar-refractivity contribution in [3.05, 3.63) is 29.8 Å². The van der Waals surface area contributed by atoms with Crippen molar-refractivity contribution in [1.29, 1.82) is 0 Å². The molecule has 0 atom stereocenters. The molecule has 2 N–H and O–H groups in total. The molecule has 5 nitrogen and oxygen atoms in total. The highest BCUT2D eigenvalue weighted by molar-refractivity contribution is 5.91. The lowest BCUT2D eigenvalue weighted by atomic mass is 10.1. The Morgan fingerprint density at radius 2 is 2.17 bits per heavy atom. The average Bonchev–Trinajstić information content (AvgIpc) is 2.29. The fraction of sp³-hybridized carbons (Fsp3) is 0.231. The lowest BCUT2D eigenvalue weighted by Gasteiger charge is -2.11. The Balaban J connectivity index is 3.03. The molecule has 0 saturated heterocycles. The molecule has 0 aliphatic carbocycles. The van der Waals surface area contributed by atoms with E-state index in [2.05, 4.69) is 5.32 Å². The predicted molar refractivity (Wildman–Crippen MR) is 68.6 cm³/mol. The monoisotopic (exact) mass is 249 g/mol. The summed E-state index contributed by atoms with van der Waals surface area (Å²) in [6, 6.07) is 5.07. The number of carbonyl (C=O) groups is 2. The molecule has 0 bridgehead atoms. The standard InChI is InChI=1S/C13H15NO4/c1-3-18-12-6-4-10(5-7-13(16)17)8-11(12)14-9(2)15/h4-8H,3H2,1-2H3,(H,14,15)(H,16,17)/b7-5+. The highest BCUT2D eigenvalue weighted by Crippen LogP contribution is 2.26. The number of carboxylic acids is 1. The van der Waals surface area contributed by atoms with Crippen LogP contribution >= 0.6 is 0 Å². The highest BCUT2D eigenvalue weighted by atomic mass is 16.5. The van der Waals surface area contributed by atoms with Gasteiger partial charge in [-0.25, -0.2) is 4.79 Å². The Hall–Kier alpha value is -2.30. The maximum absolute atomic E-state index is 11.1. The van der Waals surface area contributed by atoms with Crippen LogP contribution in [0.1, 0.15) is 19.4 Å². The SMILES string of the molecule is CCOc1ccc(/C=C/C(=O)O)cc1NC(C)=O. The van der Waals surface area contributed by atoms with Gasteiger partial charge < -0.3 is 15.2 Å². The minimum absolute atomic E-state index is 0.213. The van der Waals surface area contributed by atoms with Crippen molar-refractivity contribution in [1.82, 2.24) is 0 Å². The number of aliphatic carboxylic acids is 1. The van der Waals surface area contributed by atoms with Gasteiger partial charge in [0, 0.05) is 13.0 Å². The summed E-state index contributed by atoms with van der Waals surface area (Å²) in [5.74, 6) is -0.680. The molecule has 96 valence electrons. The van der Waals surface area contributed by atoms with Crippen LogP contribution < -0.4 is 10.1 Å². The first kappa shape index (κ1) is 13.8. The molecule has 1 amide bonds. The van der Waals surface area contributed by atoms with Crippen molar-refractivity contribution >= 4 is 23.6 Å². The van der Waals surface area contributed by atoms with Gasteiger partial charge in [-0.15, -0.1) is 0 Å². The molecule has 0 saturated carbocycles. The second kappa shape index (κ2) is 6.44. The summed E-state index contributed by atoms with van der Waals surface area (Å²) in [6.07, 6.45) is 2.48. The molecule has 5 heteroatoms. The van der Waals surface area contributed by atoms with Gasteiger partial charge in [-0.05, 0) is 30.7 Å². The van der Waals surface area contributed by atoms with Crippen molar-refractivity contribution in [3.8, 4) is 5.75 Å². The third-order valence-corrected chi connectivity index (χ3v) is 2.03. The molecular formula is C13H15NO4. The minimum atomic E-state index is -1.02. The number of hydrogen-bond donors (Lipinski definition) is 2. The van der Waals surface area contributed by atoms with Crippen LogP contribution in [0.5, 0.6) is 5.75 Å². The second-order valence-electron chi connectivity index (χ2n) is 3.54. The molecule has 0 aliphatic rings. The third kappa shape index (κ3) is 4.29.